The van der Waals surface area contributed by atoms with Crippen molar-refractivity contribution >= 4 is 21.8 Å². The number of nitrogens with zero attached hydrogens (tertiary/aromatic N) is 1. The van der Waals surface area contributed by atoms with E-state index in [-0.39, 0.29) is 6.10 Å². The summed E-state index contributed by atoms with van der Waals surface area (Å²) in [6.45, 7) is 0. The number of rotatable bonds is 4. The van der Waals surface area contributed by atoms with E-state index in [1.807, 2.05) is 0 Å². The van der Waals surface area contributed by atoms with Crippen LogP contribution in [0.1, 0.15) is 24.3 Å². The minimum atomic E-state index is 0.234. The molecule has 0 spiro atoms. The molecule has 6 aromatic carbocycles. The van der Waals surface area contributed by atoms with Crippen LogP contribution in [0.15, 0.2) is 152 Å². The van der Waals surface area contributed by atoms with Crippen LogP contribution in [-0.2, 0) is 0 Å². The second kappa shape index (κ2) is 10.1. The number of benzene rings is 6. The molecule has 0 fully saturated rings. The predicted molar refractivity (Wildman–Crippen MR) is 183 cm³/mol. The zero-order chi connectivity index (χ0) is 29.0. The van der Waals surface area contributed by atoms with E-state index in [1.165, 1.54) is 66.4 Å². The molecule has 2 unspecified atom stereocenters. The summed E-state index contributed by atoms with van der Waals surface area (Å²) in [6, 6.07) is 50.7. The molecule has 210 valence electrons. The number of aromatic nitrogens is 1. The van der Waals surface area contributed by atoms with Crippen molar-refractivity contribution in [1.82, 2.24) is 4.57 Å². The SMILES string of the molecule is C1=CC2c3cccc(-c4cc(-c5ccccc5)cc(-c5ccc6c(c5)c5ccccc5n6-c5ccccc5)c4)c3OC2CC1. The third-order valence-electron chi connectivity index (χ3n) is 9.41. The molecule has 2 heterocycles. The summed E-state index contributed by atoms with van der Waals surface area (Å²) in [5.74, 6) is 1.39. The first-order valence-corrected chi connectivity index (χ1v) is 15.6. The molecule has 0 radical (unpaired) electrons. The topological polar surface area (TPSA) is 14.2 Å². The number of hydrogen-bond acceptors (Lipinski definition) is 1. The smallest absolute Gasteiger partial charge is 0.131 e. The Labute approximate surface area is 257 Å². The summed E-state index contributed by atoms with van der Waals surface area (Å²) in [7, 11) is 0. The monoisotopic (exact) mass is 565 g/mol. The van der Waals surface area contributed by atoms with Gasteiger partial charge in [-0.2, -0.15) is 0 Å². The lowest BCUT2D eigenvalue weighted by Gasteiger charge is -2.19. The highest BCUT2D eigenvalue weighted by molar-refractivity contribution is 6.10. The molecule has 0 saturated carbocycles. The summed E-state index contributed by atoms with van der Waals surface area (Å²) >= 11 is 0. The largest absolute Gasteiger partial charge is 0.488 e. The molecule has 9 rings (SSSR count). The van der Waals surface area contributed by atoms with Crippen LogP contribution in [0.25, 0.3) is 60.9 Å². The number of allylic oxidation sites excluding steroid dienone is 1. The Morgan fingerprint density at radius 2 is 1.27 bits per heavy atom. The van der Waals surface area contributed by atoms with Gasteiger partial charge in [-0.3, -0.25) is 0 Å². The number of ether oxygens (including phenoxy) is 1. The van der Waals surface area contributed by atoms with Gasteiger partial charge in [0.1, 0.15) is 11.9 Å². The van der Waals surface area contributed by atoms with E-state index in [1.54, 1.807) is 0 Å². The Morgan fingerprint density at radius 1 is 0.545 bits per heavy atom. The zero-order valence-corrected chi connectivity index (χ0v) is 24.4. The molecule has 2 nitrogen and oxygen atoms in total. The Hall–Kier alpha value is -5.34. The lowest BCUT2D eigenvalue weighted by atomic mass is 9.87. The van der Waals surface area contributed by atoms with E-state index in [2.05, 4.69) is 156 Å². The maximum absolute atomic E-state index is 6.68. The van der Waals surface area contributed by atoms with Crippen molar-refractivity contribution in [2.24, 2.45) is 0 Å². The summed E-state index contributed by atoms with van der Waals surface area (Å²) in [6.07, 6.45) is 7.04. The van der Waals surface area contributed by atoms with Gasteiger partial charge in [-0.25, -0.2) is 0 Å². The summed E-state index contributed by atoms with van der Waals surface area (Å²) < 4.78 is 9.06. The summed E-state index contributed by atoms with van der Waals surface area (Å²) in [5.41, 5.74) is 12.1. The van der Waals surface area contributed by atoms with E-state index in [0.29, 0.717) is 5.92 Å². The van der Waals surface area contributed by atoms with Gasteiger partial charge in [0, 0.05) is 33.5 Å². The van der Waals surface area contributed by atoms with Crippen LogP contribution in [-0.4, -0.2) is 10.7 Å². The van der Waals surface area contributed by atoms with Gasteiger partial charge < -0.3 is 9.30 Å². The summed E-state index contributed by atoms with van der Waals surface area (Å²) in [4.78, 5) is 0. The minimum Gasteiger partial charge on any atom is -0.488 e. The molecule has 0 saturated heterocycles. The lowest BCUT2D eigenvalue weighted by Crippen LogP contribution is -2.19. The molecule has 1 aliphatic heterocycles. The third-order valence-corrected chi connectivity index (χ3v) is 9.41. The standard InChI is InChI=1S/C42H31NO/c1-3-12-28(13-4-1)30-24-31(26-32(25-30)34-18-11-19-37-36-17-8-10-21-41(36)44-42(34)37)29-22-23-40-38(27-29)35-16-7-9-20-39(35)43(40)33-14-5-2-6-15-33/h1-9,11-20,22-27,36,41H,10,21H2. The van der Waals surface area contributed by atoms with Crippen LogP contribution in [0.2, 0.25) is 0 Å². The highest BCUT2D eigenvalue weighted by Gasteiger charge is 2.35. The fraction of sp³-hybridized carbons (Fsp3) is 0.0952. The van der Waals surface area contributed by atoms with E-state index < -0.39 is 0 Å². The van der Waals surface area contributed by atoms with E-state index in [9.17, 15) is 0 Å². The minimum absolute atomic E-state index is 0.234. The van der Waals surface area contributed by atoms with Crippen LogP contribution in [0.3, 0.4) is 0 Å². The van der Waals surface area contributed by atoms with Crippen LogP contribution in [0.5, 0.6) is 5.75 Å². The number of fused-ring (bicyclic) bond motifs is 6. The number of para-hydroxylation sites is 3. The average Bonchev–Trinajstić information content (AvgIpc) is 3.64. The van der Waals surface area contributed by atoms with Crippen LogP contribution < -0.4 is 4.74 Å². The third kappa shape index (κ3) is 4.02. The van der Waals surface area contributed by atoms with Crippen molar-refractivity contribution < 1.29 is 4.74 Å². The molecule has 2 atom stereocenters. The first kappa shape index (κ1) is 25.2. The lowest BCUT2D eigenvalue weighted by molar-refractivity contribution is 0.205. The van der Waals surface area contributed by atoms with Crippen LogP contribution in [0.4, 0.5) is 0 Å². The van der Waals surface area contributed by atoms with Gasteiger partial charge >= 0.3 is 0 Å². The normalized spacial score (nSPS) is 17.0. The highest BCUT2D eigenvalue weighted by atomic mass is 16.5. The van der Waals surface area contributed by atoms with E-state index in [0.717, 1.165) is 18.6 Å². The molecule has 7 aromatic rings. The van der Waals surface area contributed by atoms with Crippen molar-refractivity contribution in [2.75, 3.05) is 0 Å². The highest BCUT2D eigenvalue weighted by Crippen LogP contribution is 2.48. The second-order valence-corrected chi connectivity index (χ2v) is 12.0. The van der Waals surface area contributed by atoms with Gasteiger partial charge in [0.25, 0.3) is 0 Å². The molecular formula is C42H31NO. The van der Waals surface area contributed by atoms with Crippen LogP contribution in [0, 0.1) is 0 Å². The molecule has 0 amide bonds. The molecular weight excluding hydrogens is 534 g/mol. The predicted octanol–water partition coefficient (Wildman–Crippen LogP) is 11.0. The molecule has 1 aromatic heterocycles. The van der Waals surface area contributed by atoms with Crippen molar-refractivity contribution in [3.05, 3.63) is 157 Å². The zero-order valence-electron chi connectivity index (χ0n) is 24.4. The van der Waals surface area contributed by atoms with Gasteiger partial charge in [0.15, 0.2) is 0 Å². The van der Waals surface area contributed by atoms with Crippen molar-refractivity contribution in [3.63, 3.8) is 0 Å². The van der Waals surface area contributed by atoms with Gasteiger partial charge in [-0.1, -0.05) is 103 Å². The first-order chi connectivity index (χ1) is 21.8. The second-order valence-electron chi connectivity index (χ2n) is 12.0. The van der Waals surface area contributed by atoms with Gasteiger partial charge in [0.05, 0.1) is 11.0 Å². The van der Waals surface area contributed by atoms with E-state index >= 15 is 0 Å². The van der Waals surface area contributed by atoms with Crippen molar-refractivity contribution in [1.29, 1.82) is 0 Å². The quantitative estimate of drug-likeness (QED) is 0.194. The van der Waals surface area contributed by atoms with Crippen molar-refractivity contribution in [2.45, 2.75) is 24.9 Å². The van der Waals surface area contributed by atoms with Gasteiger partial charge in [-0.05, 0) is 89.2 Å². The maximum atomic E-state index is 6.68. The molecule has 0 bridgehead atoms. The van der Waals surface area contributed by atoms with Crippen molar-refractivity contribution in [3.8, 4) is 44.8 Å². The summed E-state index contributed by atoms with van der Waals surface area (Å²) in [5, 5.41) is 2.52. The fourth-order valence-electron chi connectivity index (χ4n) is 7.33. The molecule has 2 aliphatic rings. The van der Waals surface area contributed by atoms with Gasteiger partial charge in [-0.15, -0.1) is 0 Å². The maximum Gasteiger partial charge on any atom is 0.131 e. The first-order valence-electron chi connectivity index (χ1n) is 15.6. The molecule has 0 N–H and O–H groups in total. The average molecular weight is 566 g/mol. The van der Waals surface area contributed by atoms with E-state index in [4.69, 9.17) is 4.74 Å². The Kier molecular flexibility index (Phi) is 5.80. The Morgan fingerprint density at radius 3 is 2.14 bits per heavy atom. The molecule has 44 heavy (non-hydrogen) atoms. The fourth-order valence-corrected chi connectivity index (χ4v) is 7.33. The van der Waals surface area contributed by atoms with Crippen LogP contribution >= 0.6 is 0 Å². The molecule has 2 heteroatoms. The Balaban J connectivity index is 1.25. The molecule has 1 aliphatic carbocycles. The number of hydrogen-bond donors (Lipinski definition) is 0. The Bertz CT molecular complexity index is 2210. The van der Waals surface area contributed by atoms with Gasteiger partial charge in [0.2, 0.25) is 0 Å².